The van der Waals surface area contributed by atoms with Crippen molar-refractivity contribution in [2.24, 2.45) is 0 Å². The number of aryl methyl sites for hydroxylation is 1. The molecular weight excluding hydrogens is 480 g/mol. The fourth-order valence-electron chi connectivity index (χ4n) is 3.30. The summed E-state index contributed by atoms with van der Waals surface area (Å²) in [5.74, 6) is -0.434. The summed E-state index contributed by atoms with van der Waals surface area (Å²) in [6, 6.07) is 9.59. The zero-order chi connectivity index (χ0) is 23.8. The molecule has 9 nitrogen and oxygen atoms in total. The highest BCUT2D eigenvalue weighted by Crippen LogP contribution is 2.37. The summed E-state index contributed by atoms with van der Waals surface area (Å²) in [6.45, 7) is 7.42. The van der Waals surface area contributed by atoms with Crippen LogP contribution in [0.2, 0.25) is 0 Å². The Labute approximate surface area is 193 Å². The Balaban J connectivity index is 2.37. The fraction of sp³-hybridized carbons (Fsp3) is 0.273. The van der Waals surface area contributed by atoms with Crippen molar-refractivity contribution in [3.63, 3.8) is 0 Å². The van der Waals surface area contributed by atoms with Gasteiger partial charge in [0.05, 0.1) is 27.9 Å². The van der Waals surface area contributed by atoms with E-state index in [1.807, 2.05) is 20.8 Å². The van der Waals surface area contributed by atoms with Crippen molar-refractivity contribution < 1.29 is 19.6 Å². The molecule has 0 unspecified atom stereocenters. The minimum absolute atomic E-state index is 0.0120. The molecule has 0 spiro atoms. The molecule has 0 fully saturated rings. The van der Waals surface area contributed by atoms with Crippen LogP contribution in [-0.4, -0.2) is 38.4 Å². The molecule has 1 heterocycles. The number of carboxylic acid groups (broad SMARTS) is 1. The third-order valence-corrected chi connectivity index (χ3v) is 5.29. The second-order valence-corrected chi connectivity index (χ2v) is 9.10. The zero-order valence-corrected chi connectivity index (χ0v) is 19.8. The lowest BCUT2D eigenvalue weighted by atomic mass is 10.0. The first-order valence-corrected chi connectivity index (χ1v) is 10.5. The number of methoxy groups -OCH3 is 1. The number of ether oxygens (including phenoxy) is 1. The minimum Gasteiger partial charge on any atom is -0.496 e. The zero-order valence-electron chi connectivity index (χ0n) is 18.3. The monoisotopic (exact) mass is 502 g/mol. The number of carboxylic acids is 1. The smallest absolute Gasteiger partial charge is 0.341 e. The Bertz CT molecular complexity index is 1210. The van der Waals surface area contributed by atoms with Gasteiger partial charge in [-0.05, 0) is 67.4 Å². The van der Waals surface area contributed by atoms with Crippen LogP contribution in [0.15, 0.2) is 40.9 Å². The van der Waals surface area contributed by atoms with Crippen molar-refractivity contribution in [2.75, 3.05) is 12.4 Å². The first kappa shape index (κ1) is 23.3. The molecular formula is C22H23BrN4O5. The lowest BCUT2D eigenvalue weighted by Crippen LogP contribution is -2.27. The maximum absolute atomic E-state index is 12.4. The van der Waals surface area contributed by atoms with E-state index in [2.05, 4.69) is 26.3 Å². The van der Waals surface area contributed by atoms with Gasteiger partial charge in [-0.15, -0.1) is 5.10 Å². The molecule has 0 bridgehead atoms. The van der Waals surface area contributed by atoms with E-state index in [0.29, 0.717) is 32.7 Å². The van der Waals surface area contributed by atoms with E-state index in [1.54, 1.807) is 31.2 Å². The van der Waals surface area contributed by atoms with Crippen molar-refractivity contribution in [3.05, 3.63) is 62.1 Å². The number of aromatic nitrogens is 2. The van der Waals surface area contributed by atoms with Crippen molar-refractivity contribution in [1.82, 2.24) is 9.78 Å². The summed E-state index contributed by atoms with van der Waals surface area (Å²) in [6.07, 6.45) is 0. The number of rotatable bonds is 6. The number of nitrogens with one attached hydrogen (secondary N) is 1. The van der Waals surface area contributed by atoms with E-state index < -0.39 is 16.4 Å². The van der Waals surface area contributed by atoms with Gasteiger partial charge in [0.2, 0.25) is 0 Å². The minimum atomic E-state index is -1.15. The van der Waals surface area contributed by atoms with E-state index >= 15 is 0 Å². The summed E-state index contributed by atoms with van der Waals surface area (Å²) >= 11 is 3.41. The van der Waals surface area contributed by atoms with E-state index in [1.165, 1.54) is 23.9 Å². The highest BCUT2D eigenvalue weighted by atomic mass is 79.9. The molecule has 3 rings (SSSR count). The Kier molecular flexibility index (Phi) is 6.27. The molecule has 32 heavy (non-hydrogen) atoms. The Morgan fingerprint density at radius 2 is 1.94 bits per heavy atom. The van der Waals surface area contributed by atoms with Gasteiger partial charge in [-0.2, -0.15) is 0 Å². The summed E-state index contributed by atoms with van der Waals surface area (Å²) in [5, 5.41) is 29.0. The van der Waals surface area contributed by atoms with Gasteiger partial charge in [0.15, 0.2) is 5.82 Å². The van der Waals surface area contributed by atoms with E-state index in [4.69, 9.17) is 4.74 Å². The molecule has 0 radical (unpaired) electrons. The van der Waals surface area contributed by atoms with Gasteiger partial charge >= 0.3 is 5.97 Å². The summed E-state index contributed by atoms with van der Waals surface area (Å²) in [5.41, 5.74) is 1.46. The molecule has 3 aromatic rings. The number of hydrogen-bond donors (Lipinski definition) is 2. The number of nitrogens with zero attached hydrogens (tertiary/aromatic N) is 3. The van der Waals surface area contributed by atoms with Crippen LogP contribution in [0, 0.1) is 17.0 Å². The number of nitro benzene ring substituents is 1. The van der Waals surface area contributed by atoms with Crippen LogP contribution in [0.25, 0.3) is 16.9 Å². The molecule has 1 aromatic heterocycles. The van der Waals surface area contributed by atoms with Crippen LogP contribution in [-0.2, 0) is 0 Å². The van der Waals surface area contributed by atoms with Crippen LogP contribution in [0.4, 0.5) is 11.5 Å². The molecule has 0 atom stereocenters. The third-order valence-electron chi connectivity index (χ3n) is 4.64. The highest BCUT2D eigenvalue weighted by molar-refractivity contribution is 9.10. The van der Waals surface area contributed by atoms with E-state index in [0.717, 1.165) is 0 Å². The molecule has 10 heteroatoms. The normalized spacial score (nSPS) is 11.3. The van der Waals surface area contributed by atoms with Gasteiger partial charge in [-0.25, -0.2) is 9.48 Å². The SMILES string of the molecule is COc1cc(-c2c(C(=O)O)c(NC(C)(C)C)nn2-c2ccc([N+](=O)[O-])cc2C)ccc1Br. The number of nitro groups is 1. The molecule has 0 aliphatic rings. The standard InChI is InChI=1S/C22H23BrN4O5/c1-12-10-14(27(30)31)7-9-16(12)26-19(13-6-8-15(23)17(11-13)32-5)18(21(28)29)20(25-26)24-22(2,3)4/h6-11H,1-5H3,(H,24,25)(H,28,29). The van der Waals surface area contributed by atoms with Gasteiger partial charge in [0.25, 0.3) is 5.69 Å². The highest BCUT2D eigenvalue weighted by Gasteiger charge is 2.29. The Morgan fingerprint density at radius 3 is 2.47 bits per heavy atom. The second-order valence-electron chi connectivity index (χ2n) is 8.24. The molecule has 0 saturated carbocycles. The molecule has 2 N–H and O–H groups in total. The average Bonchev–Trinajstić information content (AvgIpc) is 3.05. The molecule has 0 amide bonds. The quantitative estimate of drug-likeness (QED) is 0.340. The van der Waals surface area contributed by atoms with Gasteiger partial charge < -0.3 is 15.2 Å². The Morgan fingerprint density at radius 1 is 1.25 bits per heavy atom. The lowest BCUT2D eigenvalue weighted by molar-refractivity contribution is -0.384. The van der Waals surface area contributed by atoms with Gasteiger partial charge in [0, 0.05) is 23.2 Å². The predicted octanol–water partition coefficient (Wildman–Crippen LogP) is 5.44. The summed E-state index contributed by atoms with van der Waals surface area (Å²) < 4.78 is 7.61. The van der Waals surface area contributed by atoms with Gasteiger partial charge in [0.1, 0.15) is 11.3 Å². The predicted molar refractivity (Wildman–Crippen MR) is 125 cm³/mol. The van der Waals surface area contributed by atoms with Gasteiger partial charge in [-0.3, -0.25) is 10.1 Å². The lowest BCUT2D eigenvalue weighted by Gasteiger charge is -2.20. The number of carbonyl (C=O) groups is 1. The number of halogens is 1. The number of non-ortho nitro benzene ring substituents is 1. The van der Waals surface area contributed by atoms with Gasteiger partial charge in [-0.1, -0.05) is 6.07 Å². The number of hydrogen-bond acceptors (Lipinski definition) is 6. The molecule has 0 aliphatic carbocycles. The third kappa shape index (κ3) is 4.59. The molecule has 168 valence electrons. The molecule has 0 aliphatic heterocycles. The van der Waals surface area contributed by atoms with Crippen molar-refractivity contribution in [1.29, 1.82) is 0 Å². The van der Waals surface area contributed by atoms with Crippen molar-refractivity contribution in [2.45, 2.75) is 33.2 Å². The molecule has 2 aromatic carbocycles. The first-order chi connectivity index (χ1) is 14.9. The topological polar surface area (TPSA) is 120 Å². The van der Waals surface area contributed by atoms with Crippen LogP contribution < -0.4 is 10.1 Å². The maximum Gasteiger partial charge on any atom is 0.341 e. The van der Waals surface area contributed by atoms with Crippen LogP contribution >= 0.6 is 15.9 Å². The van der Waals surface area contributed by atoms with Crippen molar-refractivity contribution in [3.8, 4) is 22.7 Å². The van der Waals surface area contributed by atoms with Crippen LogP contribution in [0.1, 0.15) is 36.7 Å². The summed E-state index contributed by atoms with van der Waals surface area (Å²) in [4.78, 5) is 23.1. The fourth-order valence-corrected chi connectivity index (χ4v) is 3.71. The van der Waals surface area contributed by atoms with Crippen molar-refractivity contribution >= 4 is 33.4 Å². The first-order valence-electron chi connectivity index (χ1n) is 9.66. The largest absolute Gasteiger partial charge is 0.496 e. The van der Waals surface area contributed by atoms with Crippen LogP contribution in [0.3, 0.4) is 0 Å². The van der Waals surface area contributed by atoms with E-state index in [9.17, 15) is 20.0 Å². The number of anilines is 1. The van der Waals surface area contributed by atoms with Crippen LogP contribution in [0.5, 0.6) is 5.75 Å². The Hall–Kier alpha value is -3.40. The summed E-state index contributed by atoms with van der Waals surface area (Å²) in [7, 11) is 1.52. The number of aromatic carboxylic acids is 1. The average molecular weight is 503 g/mol. The second kappa shape index (κ2) is 8.62. The maximum atomic E-state index is 12.4. The van der Waals surface area contributed by atoms with E-state index in [-0.39, 0.29) is 17.1 Å². The molecule has 0 saturated heterocycles. The number of benzene rings is 2.